The maximum atomic E-state index is 12.2. The van der Waals surface area contributed by atoms with Gasteiger partial charge in [0.15, 0.2) is 0 Å². The Labute approximate surface area is 142 Å². The van der Waals surface area contributed by atoms with Crippen LogP contribution in [0.1, 0.15) is 30.4 Å². The number of benzene rings is 1. The van der Waals surface area contributed by atoms with Crippen LogP contribution in [0.4, 0.5) is 0 Å². The Morgan fingerprint density at radius 1 is 1.38 bits per heavy atom. The molecular weight excluding hydrogens is 304 g/mol. The number of rotatable bonds is 5. The normalized spacial score (nSPS) is 19.3. The fourth-order valence-electron chi connectivity index (χ4n) is 3.46. The van der Waals surface area contributed by atoms with Crippen LogP contribution in [-0.4, -0.2) is 42.5 Å². The average molecular weight is 328 g/mol. The molecule has 1 atom stereocenters. The van der Waals surface area contributed by atoms with Crippen LogP contribution in [0.15, 0.2) is 30.9 Å². The molecule has 0 aliphatic carbocycles. The van der Waals surface area contributed by atoms with Crippen LogP contribution in [0.25, 0.3) is 0 Å². The number of hydrogen-bond acceptors (Lipinski definition) is 3. The number of amides is 2. The number of likely N-dealkylation sites (tertiary alicyclic amines) is 1. The summed E-state index contributed by atoms with van der Waals surface area (Å²) < 4.78 is 5.60. The Bertz CT molecular complexity index is 641. The van der Waals surface area contributed by atoms with Gasteiger partial charge in [0.05, 0.1) is 13.0 Å². The lowest BCUT2D eigenvalue weighted by Crippen LogP contribution is -2.42. The Hall–Kier alpha value is -2.30. The maximum Gasteiger partial charge on any atom is 0.246 e. The number of carbonyl (C=O) groups excluding carboxylic acids is 2. The highest BCUT2D eigenvalue weighted by molar-refractivity contribution is 5.87. The first-order chi connectivity index (χ1) is 11.7. The predicted molar refractivity (Wildman–Crippen MR) is 91.9 cm³/mol. The van der Waals surface area contributed by atoms with Crippen molar-refractivity contribution >= 4 is 11.8 Å². The third kappa shape index (κ3) is 3.78. The summed E-state index contributed by atoms with van der Waals surface area (Å²) in [5.74, 6) is 0.876. The van der Waals surface area contributed by atoms with Crippen LogP contribution in [-0.2, 0) is 22.4 Å². The molecule has 3 rings (SSSR count). The summed E-state index contributed by atoms with van der Waals surface area (Å²) in [6.07, 6.45) is 5.63. The van der Waals surface area contributed by atoms with Gasteiger partial charge < -0.3 is 15.0 Å². The lowest BCUT2D eigenvalue weighted by Gasteiger charge is -2.23. The lowest BCUT2D eigenvalue weighted by molar-refractivity contribution is -0.127. The van der Waals surface area contributed by atoms with Gasteiger partial charge in [0.25, 0.3) is 0 Å². The van der Waals surface area contributed by atoms with Crippen LogP contribution in [0.2, 0.25) is 0 Å². The molecule has 2 aliphatic rings. The Kier molecular flexibility index (Phi) is 5.18. The van der Waals surface area contributed by atoms with Gasteiger partial charge in [-0.1, -0.05) is 18.7 Å². The highest BCUT2D eigenvalue weighted by atomic mass is 16.5. The molecular formula is C19H24N2O3. The van der Waals surface area contributed by atoms with Gasteiger partial charge in [-0.05, 0) is 49.0 Å². The topological polar surface area (TPSA) is 58.6 Å². The monoisotopic (exact) mass is 328 g/mol. The fourth-order valence-corrected chi connectivity index (χ4v) is 3.46. The van der Waals surface area contributed by atoms with E-state index in [2.05, 4.69) is 18.0 Å². The molecule has 5 heteroatoms. The van der Waals surface area contributed by atoms with E-state index in [1.54, 1.807) is 4.90 Å². The molecule has 128 valence electrons. The Morgan fingerprint density at radius 2 is 2.25 bits per heavy atom. The lowest BCUT2D eigenvalue weighted by atomic mass is 10.0. The minimum absolute atomic E-state index is 0.00965. The predicted octanol–water partition coefficient (Wildman–Crippen LogP) is 1.85. The van der Waals surface area contributed by atoms with Crippen LogP contribution in [0, 0.1) is 0 Å². The van der Waals surface area contributed by atoms with E-state index in [1.165, 1.54) is 11.6 Å². The van der Waals surface area contributed by atoms with E-state index >= 15 is 0 Å². The highest BCUT2D eigenvalue weighted by Crippen LogP contribution is 2.25. The SMILES string of the molecule is C=CC(=O)N1CCCC1CNC(=O)Cc1ccc2c(c1)CCCO2. The third-order valence-corrected chi connectivity index (χ3v) is 4.71. The molecule has 0 aromatic heterocycles. The molecule has 0 bridgehead atoms. The third-order valence-electron chi connectivity index (χ3n) is 4.71. The van der Waals surface area contributed by atoms with E-state index in [4.69, 9.17) is 4.74 Å². The highest BCUT2D eigenvalue weighted by Gasteiger charge is 2.27. The van der Waals surface area contributed by atoms with Crippen molar-refractivity contribution in [3.63, 3.8) is 0 Å². The summed E-state index contributed by atoms with van der Waals surface area (Å²) in [5.41, 5.74) is 2.19. The molecule has 0 saturated carbocycles. The van der Waals surface area contributed by atoms with Crippen LogP contribution in [0.5, 0.6) is 5.75 Å². The van der Waals surface area contributed by atoms with Gasteiger partial charge in [0, 0.05) is 19.1 Å². The summed E-state index contributed by atoms with van der Waals surface area (Å²) in [4.78, 5) is 25.8. The smallest absolute Gasteiger partial charge is 0.246 e. The van der Waals surface area contributed by atoms with Gasteiger partial charge in [-0.3, -0.25) is 9.59 Å². The summed E-state index contributed by atoms with van der Waals surface area (Å²) >= 11 is 0. The minimum atomic E-state index is -0.0542. The number of ether oxygens (including phenoxy) is 1. The van der Waals surface area contributed by atoms with Crippen molar-refractivity contribution in [3.8, 4) is 5.75 Å². The van der Waals surface area contributed by atoms with E-state index in [0.29, 0.717) is 13.0 Å². The van der Waals surface area contributed by atoms with E-state index < -0.39 is 0 Å². The first-order valence-electron chi connectivity index (χ1n) is 8.61. The number of nitrogens with zero attached hydrogens (tertiary/aromatic N) is 1. The van der Waals surface area contributed by atoms with Gasteiger partial charge in [0.1, 0.15) is 5.75 Å². The molecule has 1 saturated heterocycles. The summed E-state index contributed by atoms with van der Waals surface area (Å²) in [6.45, 7) is 5.56. The van der Waals surface area contributed by atoms with Crippen LogP contribution in [0.3, 0.4) is 0 Å². The fraction of sp³-hybridized carbons (Fsp3) is 0.474. The zero-order valence-electron chi connectivity index (χ0n) is 13.9. The van der Waals surface area contributed by atoms with Gasteiger partial charge in [-0.2, -0.15) is 0 Å². The Morgan fingerprint density at radius 3 is 3.08 bits per heavy atom. The number of carbonyl (C=O) groups is 2. The minimum Gasteiger partial charge on any atom is -0.493 e. The molecule has 0 radical (unpaired) electrons. The van der Waals surface area contributed by atoms with Crippen molar-refractivity contribution < 1.29 is 14.3 Å². The molecule has 1 N–H and O–H groups in total. The standard InChI is InChI=1S/C19H24N2O3/c1-2-19(23)21-9-3-6-16(21)13-20-18(22)12-14-7-8-17-15(11-14)5-4-10-24-17/h2,7-8,11,16H,1,3-6,9-10,12-13H2,(H,20,22). The van der Waals surface area contributed by atoms with Crippen LogP contribution < -0.4 is 10.1 Å². The van der Waals surface area contributed by atoms with Gasteiger partial charge >= 0.3 is 0 Å². The van der Waals surface area contributed by atoms with Crippen molar-refractivity contribution in [2.45, 2.75) is 38.1 Å². The first-order valence-corrected chi connectivity index (χ1v) is 8.61. The number of nitrogens with one attached hydrogen (secondary N) is 1. The van der Waals surface area contributed by atoms with Crippen LogP contribution >= 0.6 is 0 Å². The molecule has 1 fully saturated rings. The second-order valence-corrected chi connectivity index (χ2v) is 6.41. The number of fused-ring (bicyclic) bond motifs is 1. The van der Waals surface area contributed by atoms with Gasteiger partial charge in [-0.15, -0.1) is 0 Å². The molecule has 5 nitrogen and oxygen atoms in total. The summed E-state index contributed by atoms with van der Waals surface area (Å²) in [5, 5.41) is 2.96. The van der Waals surface area contributed by atoms with Crippen molar-refractivity contribution in [1.82, 2.24) is 10.2 Å². The second-order valence-electron chi connectivity index (χ2n) is 6.41. The summed E-state index contributed by atoms with van der Waals surface area (Å²) in [7, 11) is 0. The molecule has 2 aliphatic heterocycles. The first kappa shape index (κ1) is 16.6. The van der Waals surface area contributed by atoms with E-state index in [-0.39, 0.29) is 17.9 Å². The quantitative estimate of drug-likeness (QED) is 0.839. The molecule has 1 unspecified atom stereocenters. The summed E-state index contributed by atoms with van der Waals surface area (Å²) in [6, 6.07) is 6.05. The van der Waals surface area contributed by atoms with Crippen molar-refractivity contribution in [2.24, 2.45) is 0 Å². The maximum absolute atomic E-state index is 12.2. The molecule has 2 amide bonds. The van der Waals surface area contributed by atoms with E-state index in [9.17, 15) is 9.59 Å². The molecule has 24 heavy (non-hydrogen) atoms. The van der Waals surface area contributed by atoms with Gasteiger partial charge in [0.2, 0.25) is 11.8 Å². The van der Waals surface area contributed by atoms with E-state index in [1.807, 2.05) is 12.1 Å². The molecule has 0 spiro atoms. The molecule has 2 heterocycles. The Balaban J connectivity index is 1.52. The van der Waals surface area contributed by atoms with Crippen molar-refractivity contribution in [1.29, 1.82) is 0 Å². The van der Waals surface area contributed by atoms with Gasteiger partial charge in [-0.25, -0.2) is 0 Å². The molecule has 1 aromatic carbocycles. The second kappa shape index (κ2) is 7.51. The largest absolute Gasteiger partial charge is 0.493 e. The van der Waals surface area contributed by atoms with E-state index in [0.717, 1.165) is 50.1 Å². The zero-order valence-corrected chi connectivity index (χ0v) is 13.9. The molecule has 1 aromatic rings. The average Bonchev–Trinajstić information content (AvgIpc) is 3.08. The number of hydrogen-bond donors (Lipinski definition) is 1. The zero-order chi connectivity index (χ0) is 16.9. The number of aryl methyl sites for hydroxylation is 1. The van der Waals surface area contributed by atoms with Crippen molar-refractivity contribution in [2.75, 3.05) is 19.7 Å². The van der Waals surface area contributed by atoms with Crippen molar-refractivity contribution in [3.05, 3.63) is 42.0 Å².